The van der Waals surface area contributed by atoms with Crippen molar-refractivity contribution in [2.45, 2.75) is 38.5 Å². The van der Waals surface area contributed by atoms with Gasteiger partial charge in [0, 0.05) is 25.3 Å². The summed E-state index contributed by atoms with van der Waals surface area (Å²) >= 11 is 0. The number of fused-ring (bicyclic) bond motifs is 1. The van der Waals surface area contributed by atoms with E-state index in [-0.39, 0.29) is 31.3 Å². The van der Waals surface area contributed by atoms with Crippen molar-refractivity contribution in [3.8, 4) is 11.5 Å². The van der Waals surface area contributed by atoms with Crippen LogP contribution in [0.15, 0.2) is 42.5 Å². The molecule has 0 unspecified atom stereocenters. The number of nitrogens with one attached hydrogen (secondary N) is 1. The molecule has 0 spiro atoms. The molecule has 0 radical (unpaired) electrons. The van der Waals surface area contributed by atoms with Crippen LogP contribution in [0.4, 0.5) is 9.18 Å². The van der Waals surface area contributed by atoms with Crippen molar-refractivity contribution in [1.82, 2.24) is 10.2 Å². The number of nitrogens with zero attached hydrogens (tertiary/aromatic N) is 1. The summed E-state index contributed by atoms with van der Waals surface area (Å²) in [6.45, 7) is 1.87. The molecule has 1 atom stereocenters. The second-order valence-electron chi connectivity index (χ2n) is 7.31. The number of hydrogen-bond donors (Lipinski definition) is 1. The fraction of sp³-hybridized carbons (Fsp3) is 0.409. The van der Waals surface area contributed by atoms with Crippen LogP contribution >= 0.6 is 0 Å². The first kappa shape index (κ1) is 19.5. The quantitative estimate of drug-likeness (QED) is 0.801. The lowest BCUT2D eigenvalue weighted by Crippen LogP contribution is -2.43. The SMILES string of the molecule is O=C(NC[C@H]1CCCCO1)N(Cc1ccc2c(c1)OCO2)Cc1ccccc1F. The first-order valence-electron chi connectivity index (χ1n) is 9.95. The summed E-state index contributed by atoms with van der Waals surface area (Å²) < 4.78 is 30.7. The van der Waals surface area contributed by atoms with Crippen molar-refractivity contribution in [1.29, 1.82) is 0 Å². The molecular weight excluding hydrogens is 375 g/mol. The smallest absolute Gasteiger partial charge is 0.318 e. The minimum atomic E-state index is -0.327. The summed E-state index contributed by atoms with van der Waals surface area (Å²) in [6, 6.07) is 11.8. The van der Waals surface area contributed by atoms with Crippen molar-refractivity contribution in [3.63, 3.8) is 0 Å². The molecule has 0 aliphatic carbocycles. The van der Waals surface area contributed by atoms with Gasteiger partial charge in [0.05, 0.1) is 12.6 Å². The minimum absolute atomic E-state index is 0.0357. The Morgan fingerprint density at radius 1 is 1.10 bits per heavy atom. The van der Waals surface area contributed by atoms with Crippen molar-refractivity contribution in [2.75, 3.05) is 19.9 Å². The van der Waals surface area contributed by atoms with E-state index < -0.39 is 0 Å². The Bertz CT molecular complexity index is 854. The maximum absolute atomic E-state index is 14.2. The van der Waals surface area contributed by atoms with E-state index in [0.717, 1.165) is 31.4 Å². The molecule has 2 aromatic rings. The van der Waals surface area contributed by atoms with Gasteiger partial charge in [-0.05, 0) is 43.0 Å². The normalized spacial score (nSPS) is 17.8. The van der Waals surface area contributed by atoms with Crippen LogP contribution in [-0.4, -0.2) is 37.0 Å². The molecule has 1 fully saturated rings. The van der Waals surface area contributed by atoms with Crippen LogP contribution in [0.5, 0.6) is 11.5 Å². The fourth-order valence-corrected chi connectivity index (χ4v) is 3.57. The molecule has 2 aliphatic rings. The van der Waals surface area contributed by atoms with Crippen LogP contribution in [0.2, 0.25) is 0 Å². The van der Waals surface area contributed by atoms with Gasteiger partial charge in [-0.2, -0.15) is 0 Å². The van der Waals surface area contributed by atoms with Gasteiger partial charge in [-0.1, -0.05) is 24.3 Å². The Morgan fingerprint density at radius 2 is 1.97 bits per heavy atom. The topological polar surface area (TPSA) is 60.0 Å². The van der Waals surface area contributed by atoms with Crippen LogP contribution in [0.25, 0.3) is 0 Å². The molecule has 2 aromatic carbocycles. The van der Waals surface area contributed by atoms with Gasteiger partial charge in [0.15, 0.2) is 11.5 Å². The lowest BCUT2D eigenvalue weighted by molar-refractivity contribution is 0.0176. The second kappa shape index (κ2) is 9.13. The van der Waals surface area contributed by atoms with Crippen LogP contribution < -0.4 is 14.8 Å². The number of ether oxygens (including phenoxy) is 3. The summed E-state index contributed by atoms with van der Waals surface area (Å²) in [5.41, 5.74) is 1.35. The van der Waals surface area contributed by atoms with Gasteiger partial charge in [0.25, 0.3) is 0 Å². The summed E-state index contributed by atoms with van der Waals surface area (Å²) in [4.78, 5) is 14.5. The predicted octanol–water partition coefficient (Wildman–Crippen LogP) is 3.84. The lowest BCUT2D eigenvalue weighted by atomic mass is 10.1. The number of amides is 2. The number of carbonyl (C=O) groups is 1. The Morgan fingerprint density at radius 3 is 2.79 bits per heavy atom. The third-order valence-electron chi connectivity index (χ3n) is 5.17. The van der Waals surface area contributed by atoms with E-state index in [9.17, 15) is 9.18 Å². The highest BCUT2D eigenvalue weighted by Gasteiger charge is 2.21. The van der Waals surface area contributed by atoms with Gasteiger partial charge >= 0.3 is 6.03 Å². The molecule has 154 valence electrons. The van der Waals surface area contributed by atoms with E-state index in [1.165, 1.54) is 6.07 Å². The van der Waals surface area contributed by atoms with Crippen molar-refractivity contribution in [2.24, 2.45) is 0 Å². The van der Waals surface area contributed by atoms with Gasteiger partial charge in [0.2, 0.25) is 6.79 Å². The van der Waals surface area contributed by atoms with Gasteiger partial charge in [-0.25, -0.2) is 9.18 Å². The van der Waals surface area contributed by atoms with Crippen LogP contribution in [-0.2, 0) is 17.8 Å². The van der Waals surface area contributed by atoms with Gasteiger partial charge < -0.3 is 24.4 Å². The zero-order chi connectivity index (χ0) is 20.1. The third-order valence-corrected chi connectivity index (χ3v) is 5.17. The van der Waals surface area contributed by atoms with Crippen LogP contribution in [0, 0.1) is 5.82 Å². The zero-order valence-electron chi connectivity index (χ0n) is 16.2. The Hall–Kier alpha value is -2.80. The van der Waals surface area contributed by atoms with Crippen LogP contribution in [0.3, 0.4) is 0 Å². The molecule has 4 rings (SSSR count). The molecule has 0 saturated carbocycles. The molecule has 29 heavy (non-hydrogen) atoms. The number of carbonyl (C=O) groups excluding carboxylic acids is 1. The minimum Gasteiger partial charge on any atom is -0.454 e. The van der Waals surface area contributed by atoms with E-state index in [1.807, 2.05) is 18.2 Å². The molecular formula is C22H25FN2O4. The molecule has 0 aromatic heterocycles. The van der Waals surface area contributed by atoms with Crippen molar-refractivity contribution < 1.29 is 23.4 Å². The van der Waals surface area contributed by atoms with Gasteiger partial charge in [0.1, 0.15) is 5.82 Å². The predicted molar refractivity (Wildman–Crippen MR) is 105 cm³/mol. The molecule has 0 bridgehead atoms. The Kier molecular flexibility index (Phi) is 6.14. The summed E-state index contributed by atoms with van der Waals surface area (Å²) in [6.07, 6.45) is 3.15. The largest absolute Gasteiger partial charge is 0.454 e. The van der Waals surface area contributed by atoms with E-state index in [2.05, 4.69) is 5.32 Å². The van der Waals surface area contributed by atoms with Gasteiger partial charge in [-0.3, -0.25) is 0 Å². The highest BCUT2D eigenvalue weighted by molar-refractivity contribution is 5.74. The van der Waals surface area contributed by atoms with E-state index in [4.69, 9.17) is 14.2 Å². The highest BCUT2D eigenvalue weighted by atomic mass is 19.1. The fourth-order valence-electron chi connectivity index (χ4n) is 3.57. The average molecular weight is 400 g/mol. The summed E-state index contributed by atoms with van der Waals surface area (Å²) in [5, 5.41) is 2.95. The third kappa shape index (κ3) is 4.98. The number of rotatable bonds is 6. The molecule has 6 nitrogen and oxygen atoms in total. The summed E-state index contributed by atoms with van der Waals surface area (Å²) in [7, 11) is 0. The monoisotopic (exact) mass is 400 g/mol. The Labute approximate surface area is 169 Å². The number of halogens is 1. The van der Waals surface area contributed by atoms with Crippen molar-refractivity contribution >= 4 is 6.03 Å². The maximum atomic E-state index is 14.2. The lowest BCUT2D eigenvalue weighted by Gasteiger charge is -2.27. The second-order valence-corrected chi connectivity index (χ2v) is 7.31. The number of benzene rings is 2. The molecule has 2 aliphatic heterocycles. The van der Waals surface area contributed by atoms with E-state index in [1.54, 1.807) is 23.1 Å². The van der Waals surface area contributed by atoms with Gasteiger partial charge in [-0.15, -0.1) is 0 Å². The van der Waals surface area contributed by atoms with E-state index >= 15 is 0 Å². The summed E-state index contributed by atoms with van der Waals surface area (Å²) in [5.74, 6) is 1.02. The first-order valence-corrected chi connectivity index (χ1v) is 9.95. The maximum Gasteiger partial charge on any atom is 0.318 e. The highest BCUT2D eigenvalue weighted by Crippen LogP contribution is 2.33. The standard InChI is InChI=1S/C22H25FN2O4/c23-19-7-2-1-5-17(19)14-25(22(26)24-12-18-6-3-4-10-27-18)13-16-8-9-20-21(11-16)29-15-28-20/h1-2,5,7-9,11,18H,3-4,6,10,12-15H2,(H,24,26)/t18-/m1/s1. The zero-order valence-corrected chi connectivity index (χ0v) is 16.2. The molecule has 1 saturated heterocycles. The number of hydrogen-bond acceptors (Lipinski definition) is 4. The average Bonchev–Trinajstić information content (AvgIpc) is 3.22. The Balaban J connectivity index is 1.47. The van der Waals surface area contributed by atoms with Crippen LogP contribution in [0.1, 0.15) is 30.4 Å². The molecule has 7 heteroatoms. The van der Waals surface area contributed by atoms with Crippen molar-refractivity contribution in [3.05, 3.63) is 59.4 Å². The molecule has 2 heterocycles. The number of urea groups is 1. The first-order chi connectivity index (χ1) is 14.2. The molecule has 2 amide bonds. The van der Waals surface area contributed by atoms with E-state index in [0.29, 0.717) is 30.2 Å². The molecule has 1 N–H and O–H groups in total.